The third kappa shape index (κ3) is 3.20. The number of amides is 1. The Bertz CT molecular complexity index is 477. The van der Waals surface area contributed by atoms with E-state index in [9.17, 15) is 9.59 Å². The zero-order chi connectivity index (χ0) is 13.0. The third-order valence-electron chi connectivity index (χ3n) is 3.09. The standard InChI is InChI=1S/C13H18N2O3/c1-13(9-18-10-13)8-14-11(16)5-7-15-6-3-2-4-12(15)17/h2-4,6H,5,7-10H2,1H3,(H,14,16). The Morgan fingerprint density at radius 2 is 2.28 bits per heavy atom. The van der Waals surface area contributed by atoms with Gasteiger partial charge >= 0.3 is 0 Å². The number of aryl methyl sites for hydroxylation is 1. The van der Waals surface area contributed by atoms with Crippen molar-refractivity contribution in [3.8, 4) is 0 Å². The van der Waals surface area contributed by atoms with E-state index in [1.807, 2.05) is 0 Å². The molecular formula is C13H18N2O3. The number of hydrogen-bond acceptors (Lipinski definition) is 3. The lowest BCUT2D eigenvalue weighted by atomic mass is 9.89. The van der Waals surface area contributed by atoms with Crippen molar-refractivity contribution < 1.29 is 9.53 Å². The quantitative estimate of drug-likeness (QED) is 0.822. The van der Waals surface area contributed by atoms with Crippen LogP contribution in [0.2, 0.25) is 0 Å². The van der Waals surface area contributed by atoms with Gasteiger partial charge in [-0.15, -0.1) is 0 Å². The molecule has 1 aromatic rings. The van der Waals surface area contributed by atoms with E-state index < -0.39 is 0 Å². The molecule has 1 fully saturated rings. The van der Waals surface area contributed by atoms with Crippen LogP contribution in [0, 0.1) is 5.41 Å². The first-order chi connectivity index (χ1) is 8.59. The Morgan fingerprint density at radius 3 is 2.89 bits per heavy atom. The molecule has 0 unspecified atom stereocenters. The summed E-state index contributed by atoms with van der Waals surface area (Å²) in [6.45, 7) is 4.53. The first kappa shape index (κ1) is 12.8. The normalized spacial score (nSPS) is 16.9. The van der Waals surface area contributed by atoms with Crippen LogP contribution in [0.25, 0.3) is 0 Å². The Labute approximate surface area is 106 Å². The molecule has 1 amide bonds. The van der Waals surface area contributed by atoms with Crippen LogP contribution in [0.4, 0.5) is 0 Å². The van der Waals surface area contributed by atoms with Crippen molar-refractivity contribution in [1.82, 2.24) is 9.88 Å². The molecule has 0 bridgehead atoms. The third-order valence-corrected chi connectivity index (χ3v) is 3.09. The Kier molecular flexibility index (Phi) is 3.81. The average molecular weight is 250 g/mol. The van der Waals surface area contributed by atoms with Gasteiger partial charge in [0.25, 0.3) is 5.56 Å². The predicted octanol–water partition coefficient (Wildman–Crippen LogP) is 0.391. The second-order valence-corrected chi connectivity index (χ2v) is 5.06. The number of carbonyl (C=O) groups is 1. The van der Waals surface area contributed by atoms with E-state index in [-0.39, 0.29) is 16.9 Å². The van der Waals surface area contributed by atoms with E-state index in [1.165, 1.54) is 10.6 Å². The van der Waals surface area contributed by atoms with Crippen LogP contribution in [-0.2, 0) is 16.1 Å². The molecule has 0 spiro atoms. The highest BCUT2D eigenvalue weighted by atomic mass is 16.5. The minimum absolute atomic E-state index is 0.0288. The number of hydrogen-bond donors (Lipinski definition) is 1. The fourth-order valence-electron chi connectivity index (χ4n) is 1.82. The van der Waals surface area contributed by atoms with Gasteiger partial charge in [-0.05, 0) is 6.07 Å². The summed E-state index contributed by atoms with van der Waals surface area (Å²) in [6.07, 6.45) is 2.01. The second kappa shape index (κ2) is 5.35. The zero-order valence-corrected chi connectivity index (χ0v) is 10.5. The lowest BCUT2D eigenvalue weighted by Crippen LogP contribution is -2.48. The monoisotopic (exact) mass is 250 g/mol. The molecule has 5 nitrogen and oxygen atoms in total. The molecule has 1 aliphatic heterocycles. The molecule has 2 heterocycles. The Hall–Kier alpha value is -1.62. The molecule has 0 radical (unpaired) electrons. The highest BCUT2D eigenvalue weighted by Gasteiger charge is 2.33. The van der Waals surface area contributed by atoms with Crippen molar-refractivity contribution in [2.24, 2.45) is 5.41 Å². The molecule has 0 atom stereocenters. The number of ether oxygens (including phenoxy) is 1. The maximum atomic E-state index is 11.6. The maximum absolute atomic E-state index is 11.6. The molecule has 0 saturated carbocycles. The highest BCUT2D eigenvalue weighted by molar-refractivity contribution is 5.75. The predicted molar refractivity (Wildman–Crippen MR) is 67.3 cm³/mol. The van der Waals surface area contributed by atoms with Gasteiger partial charge in [-0.2, -0.15) is 0 Å². The number of pyridine rings is 1. The van der Waals surface area contributed by atoms with Crippen molar-refractivity contribution in [2.45, 2.75) is 19.9 Å². The highest BCUT2D eigenvalue weighted by Crippen LogP contribution is 2.24. The van der Waals surface area contributed by atoms with Crippen LogP contribution >= 0.6 is 0 Å². The molecule has 98 valence electrons. The summed E-state index contributed by atoms with van der Waals surface area (Å²) in [7, 11) is 0. The van der Waals surface area contributed by atoms with E-state index in [0.717, 1.165) is 0 Å². The average Bonchev–Trinajstić information content (AvgIpc) is 2.33. The summed E-state index contributed by atoms with van der Waals surface area (Å²) >= 11 is 0. The Balaban J connectivity index is 1.75. The molecule has 2 rings (SSSR count). The first-order valence-corrected chi connectivity index (χ1v) is 6.09. The van der Waals surface area contributed by atoms with Crippen molar-refractivity contribution in [2.75, 3.05) is 19.8 Å². The topological polar surface area (TPSA) is 60.3 Å². The van der Waals surface area contributed by atoms with E-state index >= 15 is 0 Å². The number of nitrogens with one attached hydrogen (secondary N) is 1. The molecule has 1 N–H and O–H groups in total. The molecule has 1 aliphatic rings. The van der Waals surface area contributed by atoms with Crippen LogP contribution in [0.3, 0.4) is 0 Å². The molecule has 1 saturated heterocycles. The van der Waals surface area contributed by atoms with Crippen LogP contribution in [0.1, 0.15) is 13.3 Å². The van der Waals surface area contributed by atoms with Gasteiger partial charge < -0.3 is 14.6 Å². The molecule has 0 aliphatic carbocycles. The molecule has 5 heteroatoms. The Morgan fingerprint density at radius 1 is 1.50 bits per heavy atom. The maximum Gasteiger partial charge on any atom is 0.250 e. The zero-order valence-electron chi connectivity index (χ0n) is 10.5. The second-order valence-electron chi connectivity index (χ2n) is 5.06. The van der Waals surface area contributed by atoms with E-state index in [4.69, 9.17) is 4.74 Å². The number of carbonyl (C=O) groups excluding carboxylic acids is 1. The van der Waals surface area contributed by atoms with Gasteiger partial charge in [-0.25, -0.2) is 0 Å². The summed E-state index contributed by atoms with van der Waals surface area (Å²) in [5.74, 6) is -0.0288. The summed E-state index contributed by atoms with van der Waals surface area (Å²) in [6, 6.07) is 4.97. The van der Waals surface area contributed by atoms with Crippen LogP contribution in [0.5, 0.6) is 0 Å². The lowest BCUT2D eigenvalue weighted by Gasteiger charge is -2.38. The van der Waals surface area contributed by atoms with Crippen molar-refractivity contribution >= 4 is 5.91 Å². The van der Waals surface area contributed by atoms with Gasteiger partial charge in [-0.1, -0.05) is 13.0 Å². The van der Waals surface area contributed by atoms with Gasteiger partial charge in [0.15, 0.2) is 0 Å². The lowest BCUT2D eigenvalue weighted by molar-refractivity contribution is -0.127. The van der Waals surface area contributed by atoms with Gasteiger partial charge in [0.2, 0.25) is 5.91 Å². The van der Waals surface area contributed by atoms with E-state index in [0.29, 0.717) is 32.7 Å². The summed E-state index contributed by atoms with van der Waals surface area (Å²) < 4.78 is 6.65. The molecule has 1 aromatic heterocycles. The van der Waals surface area contributed by atoms with Gasteiger partial charge in [0.1, 0.15) is 0 Å². The number of nitrogens with zero attached hydrogens (tertiary/aromatic N) is 1. The fourth-order valence-corrected chi connectivity index (χ4v) is 1.82. The summed E-state index contributed by atoms with van der Waals surface area (Å²) in [5, 5.41) is 2.88. The van der Waals surface area contributed by atoms with Crippen molar-refractivity contribution in [3.63, 3.8) is 0 Å². The molecule has 18 heavy (non-hydrogen) atoms. The first-order valence-electron chi connectivity index (χ1n) is 6.09. The molecule has 0 aromatic carbocycles. The van der Waals surface area contributed by atoms with E-state index in [2.05, 4.69) is 12.2 Å². The van der Waals surface area contributed by atoms with Crippen LogP contribution < -0.4 is 10.9 Å². The minimum Gasteiger partial charge on any atom is -0.380 e. The van der Waals surface area contributed by atoms with Gasteiger partial charge in [0, 0.05) is 37.2 Å². The van der Waals surface area contributed by atoms with Gasteiger partial charge in [0.05, 0.1) is 13.2 Å². The minimum atomic E-state index is -0.0790. The number of rotatable bonds is 5. The SMILES string of the molecule is CC1(CNC(=O)CCn2ccccc2=O)COC1. The van der Waals surface area contributed by atoms with Gasteiger partial charge in [-0.3, -0.25) is 9.59 Å². The summed E-state index contributed by atoms with van der Waals surface area (Å²) in [5.41, 5.74) is 0.00356. The largest absolute Gasteiger partial charge is 0.380 e. The smallest absolute Gasteiger partial charge is 0.250 e. The van der Waals surface area contributed by atoms with Crippen molar-refractivity contribution in [1.29, 1.82) is 0 Å². The summed E-state index contributed by atoms with van der Waals surface area (Å²) in [4.78, 5) is 23.1. The van der Waals surface area contributed by atoms with Crippen LogP contribution in [-0.4, -0.2) is 30.2 Å². The van der Waals surface area contributed by atoms with E-state index in [1.54, 1.807) is 18.3 Å². The fraction of sp³-hybridized carbons (Fsp3) is 0.538. The van der Waals surface area contributed by atoms with Crippen molar-refractivity contribution in [3.05, 3.63) is 34.7 Å². The molecular weight excluding hydrogens is 232 g/mol. The number of aromatic nitrogens is 1. The van der Waals surface area contributed by atoms with Crippen LogP contribution in [0.15, 0.2) is 29.2 Å².